The lowest BCUT2D eigenvalue weighted by Crippen LogP contribution is -2.33. The van der Waals surface area contributed by atoms with E-state index in [1.165, 1.54) is 6.92 Å². The monoisotopic (exact) mass is 388 g/mol. The van der Waals surface area contributed by atoms with Gasteiger partial charge >= 0.3 is 0 Å². The first-order valence-corrected chi connectivity index (χ1v) is 9.01. The van der Waals surface area contributed by atoms with Crippen LogP contribution in [-0.4, -0.2) is 18.6 Å². The molecule has 1 heterocycles. The standard InChI is InChI=1S/C20H21ClN2O4/c1-12(15-5-8-18-19(9-15)27-11-26-18)22-20(25)10-17(23-13(2)24)14-3-6-16(21)7-4-14/h3-9,12,17H,10-11H2,1-2H3,(H,22,25)(H,23,24). The zero-order chi connectivity index (χ0) is 19.4. The molecule has 2 atom stereocenters. The number of benzene rings is 2. The predicted molar refractivity (Wildman–Crippen MR) is 102 cm³/mol. The molecule has 1 aliphatic heterocycles. The molecular formula is C20H21ClN2O4. The highest BCUT2D eigenvalue weighted by molar-refractivity contribution is 6.30. The van der Waals surface area contributed by atoms with E-state index in [4.69, 9.17) is 21.1 Å². The molecule has 7 heteroatoms. The van der Waals surface area contributed by atoms with Gasteiger partial charge in [-0.15, -0.1) is 0 Å². The average molecular weight is 389 g/mol. The Morgan fingerprint density at radius 2 is 1.70 bits per heavy atom. The largest absolute Gasteiger partial charge is 0.454 e. The topological polar surface area (TPSA) is 76.7 Å². The molecule has 2 N–H and O–H groups in total. The molecule has 0 radical (unpaired) electrons. The van der Waals surface area contributed by atoms with Gasteiger partial charge in [0.2, 0.25) is 18.6 Å². The van der Waals surface area contributed by atoms with E-state index in [-0.39, 0.29) is 31.1 Å². The van der Waals surface area contributed by atoms with E-state index in [9.17, 15) is 9.59 Å². The third-order valence-electron chi connectivity index (χ3n) is 4.31. The van der Waals surface area contributed by atoms with Crippen molar-refractivity contribution >= 4 is 23.4 Å². The minimum Gasteiger partial charge on any atom is -0.454 e. The van der Waals surface area contributed by atoms with Gasteiger partial charge < -0.3 is 20.1 Å². The SMILES string of the molecule is CC(=O)NC(CC(=O)NC(C)c1ccc2c(c1)OCO2)c1ccc(Cl)cc1. The molecule has 0 fully saturated rings. The molecule has 0 aromatic heterocycles. The van der Waals surface area contributed by atoms with E-state index in [0.717, 1.165) is 11.1 Å². The Kier molecular flexibility index (Phi) is 5.86. The van der Waals surface area contributed by atoms with Crippen LogP contribution in [0.15, 0.2) is 42.5 Å². The van der Waals surface area contributed by atoms with Crippen molar-refractivity contribution in [3.63, 3.8) is 0 Å². The molecule has 0 saturated heterocycles. The highest BCUT2D eigenvalue weighted by Crippen LogP contribution is 2.34. The number of carbonyl (C=O) groups excluding carboxylic acids is 2. The van der Waals surface area contributed by atoms with Crippen LogP contribution in [0, 0.1) is 0 Å². The maximum atomic E-state index is 12.5. The second-order valence-electron chi connectivity index (χ2n) is 6.41. The first-order valence-electron chi connectivity index (χ1n) is 8.64. The minimum absolute atomic E-state index is 0.121. The van der Waals surface area contributed by atoms with Crippen LogP contribution in [0.25, 0.3) is 0 Å². The third-order valence-corrected chi connectivity index (χ3v) is 4.57. The van der Waals surface area contributed by atoms with Gasteiger partial charge in [0.1, 0.15) is 0 Å². The average Bonchev–Trinajstić information content (AvgIpc) is 3.09. The summed E-state index contributed by atoms with van der Waals surface area (Å²) in [6.07, 6.45) is 0.121. The van der Waals surface area contributed by atoms with Gasteiger partial charge in [-0.25, -0.2) is 0 Å². The second kappa shape index (κ2) is 8.31. The molecule has 0 saturated carbocycles. The van der Waals surface area contributed by atoms with Crippen LogP contribution in [0.1, 0.15) is 43.5 Å². The molecule has 0 bridgehead atoms. The van der Waals surface area contributed by atoms with Crippen molar-refractivity contribution in [1.82, 2.24) is 10.6 Å². The summed E-state index contributed by atoms with van der Waals surface area (Å²) in [4.78, 5) is 24.1. The molecule has 3 rings (SSSR count). The summed E-state index contributed by atoms with van der Waals surface area (Å²) in [5.41, 5.74) is 1.73. The summed E-state index contributed by atoms with van der Waals surface area (Å²) in [5, 5.41) is 6.37. The third kappa shape index (κ3) is 4.92. The highest BCUT2D eigenvalue weighted by atomic mass is 35.5. The lowest BCUT2D eigenvalue weighted by molar-refractivity contribution is -0.123. The number of halogens is 1. The maximum absolute atomic E-state index is 12.5. The Morgan fingerprint density at radius 1 is 1.04 bits per heavy atom. The van der Waals surface area contributed by atoms with Crippen LogP contribution in [0.2, 0.25) is 5.02 Å². The number of rotatable bonds is 6. The van der Waals surface area contributed by atoms with Crippen LogP contribution in [0.4, 0.5) is 0 Å². The fourth-order valence-electron chi connectivity index (χ4n) is 2.94. The van der Waals surface area contributed by atoms with Gasteiger partial charge in [0, 0.05) is 11.9 Å². The molecule has 2 aromatic rings. The fourth-order valence-corrected chi connectivity index (χ4v) is 3.07. The lowest BCUT2D eigenvalue weighted by Gasteiger charge is -2.20. The van der Waals surface area contributed by atoms with E-state index in [0.29, 0.717) is 16.5 Å². The van der Waals surface area contributed by atoms with Crippen LogP contribution in [0.5, 0.6) is 11.5 Å². The first kappa shape index (κ1) is 19.0. The van der Waals surface area contributed by atoms with Gasteiger partial charge in [0.15, 0.2) is 11.5 Å². The van der Waals surface area contributed by atoms with Crippen molar-refractivity contribution < 1.29 is 19.1 Å². The van der Waals surface area contributed by atoms with Gasteiger partial charge in [-0.1, -0.05) is 29.8 Å². The summed E-state index contributed by atoms with van der Waals surface area (Å²) in [6, 6.07) is 12.0. The first-order chi connectivity index (χ1) is 12.9. The van der Waals surface area contributed by atoms with Crippen molar-refractivity contribution in [2.45, 2.75) is 32.4 Å². The maximum Gasteiger partial charge on any atom is 0.231 e. The number of fused-ring (bicyclic) bond motifs is 1. The molecule has 0 spiro atoms. The Balaban J connectivity index is 1.66. The quantitative estimate of drug-likeness (QED) is 0.793. The van der Waals surface area contributed by atoms with Gasteiger partial charge in [0.25, 0.3) is 0 Å². The summed E-state index contributed by atoms with van der Waals surface area (Å²) < 4.78 is 10.7. The number of amides is 2. The molecule has 27 heavy (non-hydrogen) atoms. The number of nitrogens with one attached hydrogen (secondary N) is 2. The Labute approximate surface area is 162 Å². The van der Waals surface area contributed by atoms with Crippen LogP contribution in [0.3, 0.4) is 0 Å². The molecule has 2 amide bonds. The molecule has 0 aliphatic carbocycles. The van der Waals surface area contributed by atoms with Crippen LogP contribution in [-0.2, 0) is 9.59 Å². The molecule has 2 aromatic carbocycles. The van der Waals surface area contributed by atoms with Crippen LogP contribution < -0.4 is 20.1 Å². The van der Waals surface area contributed by atoms with E-state index in [2.05, 4.69) is 10.6 Å². The minimum atomic E-state index is -0.427. The normalized spacial score (nSPS) is 14.3. The Bertz CT molecular complexity index is 838. The summed E-state index contributed by atoms with van der Waals surface area (Å²) >= 11 is 5.92. The molecule has 6 nitrogen and oxygen atoms in total. The van der Waals surface area contributed by atoms with Crippen LogP contribution >= 0.6 is 11.6 Å². The van der Waals surface area contributed by atoms with Gasteiger partial charge in [0.05, 0.1) is 18.5 Å². The second-order valence-corrected chi connectivity index (χ2v) is 6.85. The fraction of sp³-hybridized carbons (Fsp3) is 0.300. The van der Waals surface area contributed by atoms with E-state index < -0.39 is 6.04 Å². The summed E-state index contributed by atoms with van der Waals surface area (Å²) in [6.45, 7) is 3.53. The number of hydrogen-bond donors (Lipinski definition) is 2. The van der Waals surface area contributed by atoms with Gasteiger partial charge in [-0.05, 0) is 42.3 Å². The number of hydrogen-bond acceptors (Lipinski definition) is 4. The van der Waals surface area contributed by atoms with Crippen molar-refractivity contribution in [3.8, 4) is 11.5 Å². The van der Waals surface area contributed by atoms with Gasteiger partial charge in [-0.2, -0.15) is 0 Å². The summed E-state index contributed by atoms with van der Waals surface area (Å²) in [5.74, 6) is 0.997. The van der Waals surface area contributed by atoms with E-state index >= 15 is 0 Å². The molecule has 2 unspecified atom stereocenters. The molecular weight excluding hydrogens is 368 g/mol. The van der Waals surface area contributed by atoms with Crippen molar-refractivity contribution in [2.75, 3.05) is 6.79 Å². The summed E-state index contributed by atoms with van der Waals surface area (Å²) in [7, 11) is 0. The number of ether oxygens (including phenoxy) is 2. The van der Waals surface area contributed by atoms with E-state index in [1.54, 1.807) is 24.3 Å². The van der Waals surface area contributed by atoms with E-state index in [1.807, 2.05) is 25.1 Å². The zero-order valence-electron chi connectivity index (χ0n) is 15.1. The lowest BCUT2D eigenvalue weighted by atomic mass is 10.0. The molecule has 1 aliphatic rings. The van der Waals surface area contributed by atoms with Crippen molar-refractivity contribution in [3.05, 3.63) is 58.6 Å². The molecule has 142 valence electrons. The van der Waals surface area contributed by atoms with Gasteiger partial charge in [-0.3, -0.25) is 9.59 Å². The highest BCUT2D eigenvalue weighted by Gasteiger charge is 2.20. The van der Waals surface area contributed by atoms with Crippen molar-refractivity contribution in [1.29, 1.82) is 0 Å². The van der Waals surface area contributed by atoms with Crippen molar-refractivity contribution in [2.24, 2.45) is 0 Å². The predicted octanol–water partition coefficient (Wildman–Crippen LogP) is 3.51. The zero-order valence-corrected chi connectivity index (χ0v) is 15.9. The Morgan fingerprint density at radius 3 is 2.41 bits per heavy atom. The Hall–Kier alpha value is -2.73. The smallest absolute Gasteiger partial charge is 0.231 e. The number of carbonyl (C=O) groups is 2.